The number of piperidine rings is 1. The summed E-state index contributed by atoms with van der Waals surface area (Å²) in [6.45, 7) is 9.05. The lowest BCUT2D eigenvalue weighted by molar-refractivity contribution is -0.129. The summed E-state index contributed by atoms with van der Waals surface area (Å²) in [5.74, 6) is -0.287. The van der Waals surface area contributed by atoms with Crippen molar-refractivity contribution in [1.29, 1.82) is 0 Å². The van der Waals surface area contributed by atoms with E-state index in [9.17, 15) is 14.7 Å². The first-order valence-electron chi connectivity index (χ1n) is 12.1. The molecule has 0 spiro atoms. The van der Waals surface area contributed by atoms with Crippen molar-refractivity contribution >= 4 is 23.0 Å². The Balaban J connectivity index is 1.74. The number of benzene rings is 1. The van der Waals surface area contributed by atoms with Crippen molar-refractivity contribution in [2.75, 3.05) is 39.9 Å². The zero-order valence-electron chi connectivity index (χ0n) is 20.8. The van der Waals surface area contributed by atoms with Gasteiger partial charge in [0.05, 0.1) is 40.9 Å². The van der Waals surface area contributed by atoms with E-state index in [4.69, 9.17) is 9.47 Å². The van der Waals surface area contributed by atoms with Gasteiger partial charge >= 0.3 is 0 Å². The van der Waals surface area contributed by atoms with Gasteiger partial charge in [0, 0.05) is 13.1 Å². The van der Waals surface area contributed by atoms with E-state index in [0.29, 0.717) is 47.3 Å². The monoisotopic (exact) mass is 499 g/mol. The number of aryl methyl sites for hydroxylation is 2. The Bertz CT molecular complexity index is 1140. The third-order valence-corrected chi connectivity index (χ3v) is 7.64. The van der Waals surface area contributed by atoms with Crippen LogP contribution in [0.5, 0.6) is 11.5 Å². The van der Waals surface area contributed by atoms with E-state index >= 15 is 0 Å². The van der Waals surface area contributed by atoms with Crippen LogP contribution in [0, 0.1) is 13.8 Å². The van der Waals surface area contributed by atoms with Gasteiger partial charge in [-0.25, -0.2) is 4.98 Å². The highest BCUT2D eigenvalue weighted by Gasteiger charge is 2.44. The van der Waals surface area contributed by atoms with Gasteiger partial charge in [-0.3, -0.25) is 9.59 Å². The highest BCUT2D eigenvalue weighted by Crippen LogP contribution is 2.42. The van der Waals surface area contributed by atoms with E-state index in [1.807, 2.05) is 19.9 Å². The number of ketones is 1. The molecule has 1 N–H and O–H groups in total. The molecule has 1 atom stereocenters. The SMILES string of the molecule is CCOc1ccc(C2C(C(=O)c3sc(C)nc3C)=C(O)C(=O)N2CCN2CCCCC2)cc1OC. The third-order valence-electron chi connectivity index (χ3n) is 6.57. The number of thiazole rings is 1. The molecule has 0 bridgehead atoms. The van der Waals surface area contributed by atoms with E-state index in [-0.39, 0.29) is 11.4 Å². The molecule has 0 aliphatic carbocycles. The maximum absolute atomic E-state index is 13.7. The van der Waals surface area contributed by atoms with Crippen molar-refractivity contribution in [1.82, 2.24) is 14.8 Å². The predicted molar refractivity (Wildman–Crippen MR) is 134 cm³/mol. The molecule has 8 nitrogen and oxygen atoms in total. The molecule has 2 aliphatic heterocycles. The number of aliphatic hydroxyl groups excluding tert-OH is 1. The average molecular weight is 500 g/mol. The van der Waals surface area contributed by atoms with E-state index < -0.39 is 17.7 Å². The van der Waals surface area contributed by atoms with Crippen LogP contribution in [0.15, 0.2) is 29.5 Å². The maximum Gasteiger partial charge on any atom is 0.290 e. The zero-order valence-corrected chi connectivity index (χ0v) is 21.6. The second-order valence-electron chi connectivity index (χ2n) is 8.89. The van der Waals surface area contributed by atoms with Crippen molar-refractivity contribution < 1.29 is 24.2 Å². The number of ether oxygens (including phenoxy) is 2. The quantitative estimate of drug-likeness (QED) is 0.516. The van der Waals surface area contributed by atoms with Gasteiger partial charge in [0.2, 0.25) is 5.78 Å². The molecule has 1 unspecified atom stereocenters. The lowest BCUT2D eigenvalue weighted by Gasteiger charge is -2.32. The van der Waals surface area contributed by atoms with E-state index in [2.05, 4.69) is 9.88 Å². The van der Waals surface area contributed by atoms with E-state index in [0.717, 1.165) is 30.9 Å². The number of likely N-dealkylation sites (tertiary alicyclic amines) is 1. The van der Waals surface area contributed by atoms with E-state index in [1.54, 1.807) is 31.1 Å². The number of aromatic nitrogens is 1. The van der Waals surface area contributed by atoms with E-state index in [1.165, 1.54) is 17.8 Å². The smallest absolute Gasteiger partial charge is 0.290 e. The van der Waals surface area contributed by atoms with Crippen LogP contribution < -0.4 is 9.47 Å². The number of hydrogen-bond acceptors (Lipinski definition) is 8. The summed E-state index contributed by atoms with van der Waals surface area (Å²) in [5, 5.41) is 11.7. The molecule has 3 heterocycles. The van der Waals surface area contributed by atoms with Crippen molar-refractivity contribution in [3.8, 4) is 11.5 Å². The lowest BCUT2D eigenvalue weighted by atomic mass is 9.94. The summed E-state index contributed by atoms with van der Waals surface area (Å²) >= 11 is 1.28. The Morgan fingerprint density at radius 2 is 1.91 bits per heavy atom. The molecule has 9 heteroatoms. The number of rotatable bonds is 9. The van der Waals surface area contributed by atoms with Crippen molar-refractivity contribution in [2.45, 2.75) is 46.1 Å². The Kier molecular flexibility index (Phi) is 7.76. The van der Waals surface area contributed by atoms with Crippen molar-refractivity contribution in [2.24, 2.45) is 0 Å². The number of nitrogens with zero attached hydrogens (tertiary/aromatic N) is 3. The fourth-order valence-corrected chi connectivity index (χ4v) is 5.76. The average Bonchev–Trinajstić information content (AvgIpc) is 3.33. The van der Waals surface area contributed by atoms with Crippen LogP contribution in [0.25, 0.3) is 0 Å². The molecule has 0 radical (unpaired) electrons. The van der Waals surface area contributed by atoms with Crippen molar-refractivity contribution in [3.63, 3.8) is 0 Å². The number of hydrogen-bond donors (Lipinski definition) is 1. The first-order valence-corrected chi connectivity index (χ1v) is 12.9. The molecular weight excluding hydrogens is 466 g/mol. The first-order chi connectivity index (χ1) is 16.8. The molecule has 1 aromatic heterocycles. The molecule has 1 amide bonds. The second kappa shape index (κ2) is 10.8. The highest BCUT2D eigenvalue weighted by atomic mass is 32.1. The summed E-state index contributed by atoms with van der Waals surface area (Å²) in [4.78, 5) is 35.8. The normalized spacial score (nSPS) is 18.9. The third kappa shape index (κ3) is 5.06. The van der Waals surface area contributed by atoms with Gasteiger partial charge in [-0.1, -0.05) is 12.5 Å². The minimum atomic E-state index is -0.730. The van der Waals surface area contributed by atoms with Gasteiger partial charge in [0.15, 0.2) is 17.3 Å². The maximum atomic E-state index is 13.7. The molecule has 2 aromatic rings. The Morgan fingerprint density at radius 1 is 1.17 bits per heavy atom. The van der Waals surface area contributed by atoms with Crippen LogP contribution in [0.1, 0.15) is 58.2 Å². The second-order valence-corrected chi connectivity index (χ2v) is 10.1. The van der Waals surface area contributed by atoms with Gasteiger partial charge < -0.3 is 24.4 Å². The van der Waals surface area contributed by atoms with Gasteiger partial charge in [-0.05, 0) is 64.4 Å². The van der Waals surface area contributed by atoms with Gasteiger partial charge in [-0.15, -0.1) is 11.3 Å². The summed E-state index contributed by atoms with van der Waals surface area (Å²) in [5.41, 5.74) is 1.37. The van der Waals surface area contributed by atoms with Gasteiger partial charge in [0.25, 0.3) is 5.91 Å². The molecular formula is C26H33N3O5S. The minimum Gasteiger partial charge on any atom is -0.503 e. The van der Waals surface area contributed by atoms with Crippen LogP contribution in [0.2, 0.25) is 0 Å². The van der Waals surface area contributed by atoms with Crippen LogP contribution in [0.4, 0.5) is 0 Å². The number of aliphatic hydroxyl groups is 1. The molecule has 2 aliphatic rings. The fraction of sp³-hybridized carbons (Fsp3) is 0.500. The molecule has 0 saturated carbocycles. The minimum absolute atomic E-state index is 0.0895. The van der Waals surface area contributed by atoms with Gasteiger partial charge in [-0.2, -0.15) is 0 Å². The Hall–Kier alpha value is -2.91. The van der Waals surface area contributed by atoms with Crippen molar-refractivity contribution in [3.05, 3.63) is 50.7 Å². The first kappa shape index (κ1) is 25.2. The topological polar surface area (TPSA) is 92.2 Å². The molecule has 1 fully saturated rings. The largest absolute Gasteiger partial charge is 0.503 e. The van der Waals surface area contributed by atoms with Crippen LogP contribution in [-0.2, 0) is 4.79 Å². The molecule has 1 saturated heterocycles. The summed E-state index contributed by atoms with van der Waals surface area (Å²) in [6.07, 6.45) is 3.51. The lowest BCUT2D eigenvalue weighted by Crippen LogP contribution is -2.40. The van der Waals surface area contributed by atoms with Crippen LogP contribution in [0.3, 0.4) is 0 Å². The highest BCUT2D eigenvalue weighted by molar-refractivity contribution is 7.14. The van der Waals surface area contributed by atoms with Crippen LogP contribution in [-0.4, -0.2) is 71.5 Å². The van der Waals surface area contributed by atoms with Gasteiger partial charge in [0.1, 0.15) is 0 Å². The standard InChI is InChI=1S/C26H33N3O5S/c1-5-34-19-10-9-18(15-20(19)33-4)22-21(23(30)25-16(2)27-17(3)35-25)24(31)26(32)29(22)14-13-28-11-7-6-8-12-28/h9-10,15,22,31H,5-8,11-14H2,1-4H3. The fourth-order valence-electron chi connectivity index (χ4n) is 4.89. The Morgan fingerprint density at radius 3 is 2.54 bits per heavy atom. The number of methoxy groups -OCH3 is 1. The molecule has 35 heavy (non-hydrogen) atoms. The predicted octanol–water partition coefficient (Wildman–Crippen LogP) is 4.23. The zero-order chi connectivity index (χ0) is 25.1. The van der Waals surface area contributed by atoms with Crippen LogP contribution >= 0.6 is 11.3 Å². The number of Topliss-reactive ketones (excluding diaryl/α,β-unsaturated/α-hetero) is 1. The molecule has 1 aromatic carbocycles. The number of amides is 1. The number of carbonyl (C=O) groups is 2. The summed E-state index contributed by atoms with van der Waals surface area (Å²) in [6, 6.07) is 4.67. The summed E-state index contributed by atoms with van der Waals surface area (Å²) in [7, 11) is 1.55. The Labute approximate surface area is 210 Å². The molecule has 4 rings (SSSR count). The molecule has 188 valence electrons. The summed E-state index contributed by atoms with van der Waals surface area (Å²) < 4.78 is 11.2. The number of carbonyl (C=O) groups excluding carboxylic acids is 2.